The van der Waals surface area contributed by atoms with Gasteiger partial charge in [-0.1, -0.05) is 18.2 Å². The lowest BCUT2D eigenvalue weighted by molar-refractivity contribution is -0.105. The smallest absolute Gasteiger partial charge is 0.345 e. The Hall–Kier alpha value is -2.95. The Labute approximate surface area is 153 Å². The third kappa shape index (κ3) is 3.92. The predicted octanol–water partition coefficient (Wildman–Crippen LogP) is 0.417. The number of hydroxylamine groups is 2. The minimum atomic E-state index is -0.902. The second-order valence-electron chi connectivity index (χ2n) is 6.23. The lowest BCUT2D eigenvalue weighted by Crippen LogP contribution is -2.45. The highest BCUT2D eigenvalue weighted by Gasteiger charge is 2.41. The molecule has 1 aromatic heterocycles. The van der Waals surface area contributed by atoms with Crippen LogP contribution in [-0.4, -0.2) is 49.7 Å². The van der Waals surface area contributed by atoms with Crippen molar-refractivity contribution in [1.29, 1.82) is 0 Å². The van der Waals surface area contributed by atoms with Crippen molar-refractivity contribution in [3.8, 4) is 0 Å². The van der Waals surface area contributed by atoms with Crippen LogP contribution in [0, 0.1) is 6.92 Å². The molecule has 2 amide bonds. The number of nitrogens with one attached hydrogen (secondary N) is 2. The average molecular weight is 376 g/mol. The number of aromatic nitrogens is 2. The number of rotatable bonds is 4. The van der Waals surface area contributed by atoms with Crippen LogP contribution in [0.15, 0.2) is 46.1 Å². The van der Waals surface area contributed by atoms with E-state index in [1.165, 1.54) is 17.7 Å². The number of hydrogen-bond acceptors (Lipinski definition) is 6. The second kappa shape index (κ2) is 7.74. The molecular formula is C17H20N4O6. The molecule has 1 saturated heterocycles. The number of aromatic amines is 1. The quantitative estimate of drug-likeness (QED) is 0.451. The molecule has 0 aliphatic carbocycles. The van der Waals surface area contributed by atoms with E-state index in [0.717, 1.165) is 0 Å². The van der Waals surface area contributed by atoms with Crippen LogP contribution in [0.1, 0.15) is 18.2 Å². The van der Waals surface area contributed by atoms with Gasteiger partial charge in [0, 0.05) is 23.9 Å². The molecule has 1 aromatic carbocycles. The van der Waals surface area contributed by atoms with Crippen molar-refractivity contribution in [2.24, 2.45) is 0 Å². The van der Waals surface area contributed by atoms with Crippen LogP contribution in [0.4, 0.5) is 10.5 Å². The molecular weight excluding hydrogens is 356 g/mol. The summed E-state index contributed by atoms with van der Waals surface area (Å²) in [5.74, 6) is 0. The zero-order valence-corrected chi connectivity index (χ0v) is 14.5. The summed E-state index contributed by atoms with van der Waals surface area (Å²) < 4.78 is 6.78. The third-order valence-corrected chi connectivity index (χ3v) is 4.39. The van der Waals surface area contributed by atoms with E-state index in [9.17, 15) is 24.7 Å². The highest BCUT2D eigenvalue weighted by Crippen LogP contribution is 2.30. The van der Waals surface area contributed by atoms with E-state index in [0.29, 0.717) is 16.3 Å². The summed E-state index contributed by atoms with van der Waals surface area (Å²) in [5, 5.41) is 22.8. The van der Waals surface area contributed by atoms with E-state index in [-0.39, 0.29) is 6.42 Å². The number of urea groups is 1. The first-order valence-electron chi connectivity index (χ1n) is 8.33. The molecule has 1 fully saturated rings. The Morgan fingerprint density at radius 2 is 2.07 bits per heavy atom. The van der Waals surface area contributed by atoms with E-state index in [2.05, 4.69) is 10.3 Å². The first-order chi connectivity index (χ1) is 12.9. The molecule has 10 nitrogen and oxygen atoms in total. The highest BCUT2D eigenvalue weighted by molar-refractivity contribution is 5.88. The van der Waals surface area contributed by atoms with E-state index < -0.39 is 42.3 Å². The van der Waals surface area contributed by atoms with Gasteiger partial charge < -0.3 is 15.2 Å². The maximum absolute atomic E-state index is 12.3. The van der Waals surface area contributed by atoms with Crippen molar-refractivity contribution < 1.29 is 19.8 Å². The van der Waals surface area contributed by atoms with Crippen LogP contribution < -0.4 is 16.6 Å². The summed E-state index contributed by atoms with van der Waals surface area (Å²) in [6, 6.07) is 6.88. The molecule has 0 saturated carbocycles. The third-order valence-electron chi connectivity index (χ3n) is 4.39. The number of benzene rings is 1. The molecule has 3 rings (SSSR count). The van der Waals surface area contributed by atoms with Crippen molar-refractivity contribution in [3.05, 3.63) is 62.9 Å². The minimum Gasteiger partial charge on any atom is -0.394 e. The molecule has 4 N–H and O–H groups in total. The molecule has 0 bridgehead atoms. The molecule has 144 valence electrons. The minimum absolute atomic E-state index is 0.0509. The predicted molar refractivity (Wildman–Crippen MR) is 94.5 cm³/mol. The van der Waals surface area contributed by atoms with E-state index in [4.69, 9.17) is 4.74 Å². The zero-order chi connectivity index (χ0) is 19.6. The van der Waals surface area contributed by atoms with Gasteiger partial charge in [0.25, 0.3) is 5.56 Å². The van der Waals surface area contributed by atoms with Crippen molar-refractivity contribution in [3.63, 3.8) is 0 Å². The van der Waals surface area contributed by atoms with E-state index >= 15 is 0 Å². The fourth-order valence-corrected chi connectivity index (χ4v) is 2.96. The molecule has 3 atom stereocenters. The van der Waals surface area contributed by atoms with E-state index in [1.54, 1.807) is 30.3 Å². The van der Waals surface area contributed by atoms with Gasteiger partial charge in [-0.15, -0.1) is 0 Å². The number of carbonyl (C=O) groups excluding carboxylic acids is 1. The van der Waals surface area contributed by atoms with Crippen molar-refractivity contribution in [2.75, 3.05) is 11.9 Å². The van der Waals surface area contributed by atoms with Crippen molar-refractivity contribution >= 4 is 11.7 Å². The molecule has 27 heavy (non-hydrogen) atoms. The van der Waals surface area contributed by atoms with Crippen LogP contribution >= 0.6 is 0 Å². The number of para-hydroxylation sites is 1. The number of amides is 2. The molecule has 1 aliphatic rings. The molecule has 2 aromatic rings. The molecule has 1 aliphatic heterocycles. The van der Waals surface area contributed by atoms with Gasteiger partial charge in [-0.3, -0.25) is 19.6 Å². The van der Waals surface area contributed by atoms with Crippen LogP contribution in [-0.2, 0) is 4.74 Å². The molecule has 2 heterocycles. The van der Waals surface area contributed by atoms with Gasteiger partial charge >= 0.3 is 11.7 Å². The first kappa shape index (κ1) is 18.8. The SMILES string of the molecule is Cc1cn(C2CC(N(O)C(=O)Nc3ccccc3)C(CO)O2)c(=O)[nH]c1=O. The monoisotopic (exact) mass is 376 g/mol. The van der Waals surface area contributed by atoms with Crippen LogP contribution in [0.5, 0.6) is 0 Å². The maximum Gasteiger partial charge on any atom is 0.345 e. The fraction of sp³-hybridized carbons (Fsp3) is 0.353. The maximum atomic E-state index is 12.3. The van der Waals surface area contributed by atoms with Crippen LogP contribution in [0.2, 0.25) is 0 Å². The summed E-state index contributed by atoms with van der Waals surface area (Å²) in [6.07, 6.45) is -0.362. The largest absolute Gasteiger partial charge is 0.394 e. The molecule has 3 unspecified atom stereocenters. The number of H-pyrrole nitrogens is 1. The molecule has 0 spiro atoms. The topological polar surface area (TPSA) is 137 Å². The number of aliphatic hydroxyl groups excluding tert-OH is 1. The average Bonchev–Trinajstić information content (AvgIpc) is 3.09. The summed E-state index contributed by atoms with van der Waals surface area (Å²) in [7, 11) is 0. The summed E-state index contributed by atoms with van der Waals surface area (Å²) in [4.78, 5) is 38.0. The van der Waals surface area contributed by atoms with Crippen molar-refractivity contribution in [2.45, 2.75) is 31.7 Å². The standard InChI is InChI=1S/C17H20N4O6/c1-10-8-20(16(24)19-15(10)23)14-7-12(13(9-22)27-14)21(26)17(25)18-11-5-3-2-4-6-11/h2-6,8,12-14,22,26H,7,9H2,1H3,(H,18,25)(H,19,23,24). The second-order valence-corrected chi connectivity index (χ2v) is 6.23. The number of hydrogen-bond donors (Lipinski definition) is 4. The number of nitrogens with zero attached hydrogens (tertiary/aromatic N) is 2. The van der Waals surface area contributed by atoms with Gasteiger partial charge in [-0.2, -0.15) is 5.06 Å². The fourth-order valence-electron chi connectivity index (χ4n) is 2.96. The van der Waals surface area contributed by atoms with Gasteiger partial charge in [0.05, 0.1) is 12.6 Å². The Morgan fingerprint density at radius 3 is 2.74 bits per heavy atom. The van der Waals surface area contributed by atoms with Crippen LogP contribution in [0.3, 0.4) is 0 Å². The van der Waals surface area contributed by atoms with Gasteiger partial charge in [0.15, 0.2) is 0 Å². The Bertz CT molecular complexity index is 925. The van der Waals surface area contributed by atoms with Gasteiger partial charge in [0.1, 0.15) is 12.3 Å². The number of carbonyl (C=O) groups is 1. The number of aryl methyl sites for hydroxylation is 1. The van der Waals surface area contributed by atoms with Crippen LogP contribution in [0.25, 0.3) is 0 Å². The highest BCUT2D eigenvalue weighted by atomic mass is 16.6. The molecule has 10 heteroatoms. The number of ether oxygens (including phenoxy) is 1. The lowest BCUT2D eigenvalue weighted by atomic mass is 10.1. The summed E-state index contributed by atoms with van der Waals surface area (Å²) >= 11 is 0. The number of aliphatic hydroxyl groups is 1. The number of anilines is 1. The molecule has 0 radical (unpaired) electrons. The Balaban J connectivity index is 1.78. The lowest BCUT2D eigenvalue weighted by Gasteiger charge is -2.25. The summed E-state index contributed by atoms with van der Waals surface area (Å²) in [6.45, 7) is 1.07. The summed E-state index contributed by atoms with van der Waals surface area (Å²) in [5.41, 5.74) is -0.378. The van der Waals surface area contributed by atoms with Gasteiger partial charge in [0.2, 0.25) is 0 Å². The van der Waals surface area contributed by atoms with Crippen molar-refractivity contribution in [1.82, 2.24) is 14.6 Å². The Kier molecular flexibility index (Phi) is 5.40. The van der Waals surface area contributed by atoms with Gasteiger partial charge in [-0.25, -0.2) is 9.59 Å². The first-order valence-corrected chi connectivity index (χ1v) is 8.33. The zero-order valence-electron chi connectivity index (χ0n) is 14.5. The normalized spacial score (nSPS) is 21.8. The Morgan fingerprint density at radius 1 is 1.37 bits per heavy atom. The van der Waals surface area contributed by atoms with E-state index in [1.807, 2.05) is 0 Å². The van der Waals surface area contributed by atoms with Gasteiger partial charge in [-0.05, 0) is 19.1 Å².